The second-order valence-electron chi connectivity index (χ2n) is 4.47. The zero-order chi connectivity index (χ0) is 11.2. The van der Waals surface area contributed by atoms with E-state index >= 15 is 0 Å². The van der Waals surface area contributed by atoms with Crippen molar-refractivity contribution in [2.75, 3.05) is 0 Å². The first-order valence-corrected chi connectivity index (χ1v) is 5.30. The van der Waals surface area contributed by atoms with Gasteiger partial charge in [-0.15, -0.1) is 0 Å². The molecule has 0 heterocycles. The summed E-state index contributed by atoms with van der Waals surface area (Å²) in [6, 6.07) is 0. The van der Waals surface area contributed by atoms with Crippen LogP contribution in [0.15, 0.2) is 0 Å². The minimum Gasteiger partial charge on any atom is -0.481 e. The van der Waals surface area contributed by atoms with Gasteiger partial charge in [-0.25, -0.2) is 0 Å². The Hall–Kier alpha value is -0.570. The van der Waals surface area contributed by atoms with Gasteiger partial charge in [-0.1, -0.05) is 26.7 Å². The molecule has 0 aliphatic heterocycles. The lowest BCUT2D eigenvalue weighted by molar-refractivity contribution is -0.137. The van der Waals surface area contributed by atoms with E-state index in [0.717, 1.165) is 19.3 Å². The van der Waals surface area contributed by atoms with Crippen LogP contribution in [-0.2, 0) is 4.79 Å². The molecule has 84 valence electrons. The molecule has 3 heteroatoms. The lowest BCUT2D eigenvalue weighted by Crippen LogP contribution is -2.30. The molecule has 0 aromatic rings. The van der Waals surface area contributed by atoms with E-state index in [1.807, 2.05) is 20.8 Å². The van der Waals surface area contributed by atoms with Gasteiger partial charge in [-0.3, -0.25) is 4.79 Å². The number of carboxylic acid groups (broad SMARTS) is 1. The Bertz CT molecular complexity index is 173. The maximum Gasteiger partial charge on any atom is 0.303 e. The lowest BCUT2D eigenvalue weighted by atomic mass is 9.87. The smallest absolute Gasteiger partial charge is 0.303 e. The summed E-state index contributed by atoms with van der Waals surface area (Å²) in [6.45, 7) is 5.84. The summed E-state index contributed by atoms with van der Waals surface area (Å²) >= 11 is 0. The van der Waals surface area contributed by atoms with Crippen molar-refractivity contribution in [1.29, 1.82) is 0 Å². The van der Waals surface area contributed by atoms with E-state index in [2.05, 4.69) is 0 Å². The minimum absolute atomic E-state index is 0.240. The fourth-order valence-corrected chi connectivity index (χ4v) is 1.22. The summed E-state index contributed by atoms with van der Waals surface area (Å²) in [4.78, 5) is 10.2. The predicted octanol–water partition coefficient (Wildman–Crippen LogP) is 2.43. The van der Waals surface area contributed by atoms with Crippen molar-refractivity contribution in [3.63, 3.8) is 0 Å². The summed E-state index contributed by atoms with van der Waals surface area (Å²) < 4.78 is 0. The van der Waals surface area contributed by atoms with Crippen LogP contribution in [0.3, 0.4) is 0 Å². The zero-order valence-electron chi connectivity index (χ0n) is 9.42. The monoisotopic (exact) mass is 202 g/mol. The fourth-order valence-electron chi connectivity index (χ4n) is 1.22. The fraction of sp³-hybridized carbons (Fsp3) is 0.909. The van der Waals surface area contributed by atoms with Gasteiger partial charge in [0.15, 0.2) is 0 Å². The van der Waals surface area contributed by atoms with Crippen molar-refractivity contribution < 1.29 is 15.0 Å². The van der Waals surface area contributed by atoms with Crippen LogP contribution in [0.2, 0.25) is 0 Å². The van der Waals surface area contributed by atoms with Gasteiger partial charge in [0.05, 0.1) is 5.60 Å². The Kier molecular flexibility index (Phi) is 5.77. The number of unbranched alkanes of at least 4 members (excludes halogenated alkanes) is 2. The number of rotatable bonds is 7. The van der Waals surface area contributed by atoms with Crippen LogP contribution in [0.4, 0.5) is 0 Å². The first kappa shape index (κ1) is 13.4. The largest absolute Gasteiger partial charge is 0.481 e. The third kappa shape index (κ3) is 5.97. The number of hydrogen-bond donors (Lipinski definition) is 2. The lowest BCUT2D eigenvalue weighted by Gasteiger charge is -2.27. The average molecular weight is 202 g/mol. The molecule has 0 amide bonds. The van der Waals surface area contributed by atoms with Gasteiger partial charge in [-0.05, 0) is 25.7 Å². The van der Waals surface area contributed by atoms with Gasteiger partial charge in [0.25, 0.3) is 0 Å². The summed E-state index contributed by atoms with van der Waals surface area (Å²) in [7, 11) is 0. The van der Waals surface area contributed by atoms with E-state index in [9.17, 15) is 9.90 Å². The molecule has 0 aromatic heterocycles. The number of aliphatic carboxylic acids is 1. The first-order chi connectivity index (χ1) is 6.36. The summed E-state index contributed by atoms with van der Waals surface area (Å²) in [5.74, 6) is -0.484. The molecule has 0 aromatic carbocycles. The molecule has 0 saturated heterocycles. The molecule has 0 bridgehead atoms. The highest BCUT2D eigenvalue weighted by molar-refractivity contribution is 5.66. The predicted molar refractivity (Wildman–Crippen MR) is 56.2 cm³/mol. The Morgan fingerprint density at radius 2 is 1.86 bits per heavy atom. The maximum absolute atomic E-state index is 10.2. The van der Waals surface area contributed by atoms with E-state index in [1.165, 1.54) is 0 Å². The minimum atomic E-state index is -0.736. The number of aliphatic hydroxyl groups is 1. The molecule has 0 fully saturated rings. The maximum atomic E-state index is 10.2. The highest BCUT2D eigenvalue weighted by atomic mass is 16.4. The van der Waals surface area contributed by atoms with Crippen molar-refractivity contribution in [1.82, 2.24) is 0 Å². The third-order valence-corrected chi connectivity index (χ3v) is 2.82. The Morgan fingerprint density at radius 3 is 2.29 bits per heavy atom. The summed E-state index contributed by atoms with van der Waals surface area (Å²) in [5, 5.41) is 18.3. The van der Waals surface area contributed by atoms with E-state index in [-0.39, 0.29) is 12.3 Å². The van der Waals surface area contributed by atoms with E-state index in [1.54, 1.807) is 0 Å². The molecule has 0 aliphatic rings. The second-order valence-corrected chi connectivity index (χ2v) is 4.47. The number of carbonyl (C=O) groups is 1. The second kappa shape index (κ2) is 6.02. The quantitative estimate of drug-likeness (QED) is 0.623. The third-order valence-electron chi connectivity index (χ3n) is 2.82. The van der Waals surface area contributed by atoms with Crippen LogP contribution in [0, 0.1) is 5.92 Å². The van der Waals surface area contributed by atoms with Crippen LogP contribution < -0.4 is 0 Å². The standard InChI is InChI=1S/C11H22O3/c1-9(2)11(3,14)8-6-4-5-7-10(12)13/h9,14H,4-8H2,1-3H3,(H,12,13). The topological polar surface area (TPSA) is 57.5 Å². The molecule has 2 N–H and O–H groups in total. The van der Waals surface area contributed by atoms with Gasteiger partial charge in [-0.2, -0.15) is 0 Å². The molecule has 1 unspecified atom stereocenters. The van der Waals surface area contributed by atoms with Crippen LogP contribution in [0.1, 0.15) is 52.9 Å². The average Bonchev–Trinajstić information content (AvgIpc) is 2.02. The van der Waals surface area contributed by atoms with Crippen molar-refractivity contribution >= 4 is 5.97 Å². The molecule has 0 spiro atoms. The highest BCUT2D eigenvalue weighted by Gasteiger charge is 2.23. The first-order valence-electron chi connectivity index (χ1n) is 5.30. The van der Waals surface area contributed by atoms with Gasteiger partial charge < -0.3 is 10.2 Å². The number of hydrogen-bond acceptors (Lipinski definition) is 2. The molecular formula is C11H22O3. The molecule has 0 saturated carbocycles. The van der Waals surface area contributed by atoms with Crippen molar-refractivity contribution in [3.05, 3.63) is 0 Å². The Morgan fingerprint density at radius 1 is 1.29 bits per heavy atom. The van der Waals surface area contributed by atoms with E-state index < -0.39 is 11.6 Å². The van der Waals surface area contributed by atoms with E-state index in [4.69, 9.17) is 5.11 Å². The van der Waals surface area contributed by atoms with Gasteiger partial charge in [0.1, 0.15) is 0 Å². The van der Waals surface area contributed by atoms with Gasteiger partial charge in [0, 0.05) is 6.42 Å². The molecule has 14 heavy (non-hydrogen) atoms. The normalized spacial score (nSPS) is 15.5. The van der Waals surface area contributed by atoms with Crippen molar-refractivity contribution in [2.24, 2.45) is 5.92 Å². The van der Waals surface area contributed by atoms with Crippen LogP contribution in [0.25, 0.3) is 0 Å². The highest BCUT2D eigenvalue weighted by Crippen LogP contribution is 2.23. The summed E-state index contributed by atoms with van der Waals surface area (Å²) in [5.41, 5.74) is -0.608. The van der Waals surface area contributed by atoms with Crippen LogP contribution in [-0.4, -0.2) is 21.8 Å². The molecule has 0 radical (unpaired) electrons. The Labute approximate surface area is 86.1 Å². The zero-order valence-corrected chi connectivity index (χ0v) is 9.42. The van der Waals surface area contributed by atoms with Crippen LogP contribution in [0.5, 0.6) is 0 Å². The number of carboxylic acids is 1. The molecule has 0 rings (SSSR count). The van der Waals surface area contributed by atoms with Gasteiger partial charge >= 0.3 is 5.97 Å². The SMILES string of the molecule is CC(C)C(C)(O)CCCCCC(=O)O. The Balaban J connectivity index is 3.49. The van der Waals surface area contributed by atoms with Crippen molar-refractivity contribution in [2.45, 2.75) is 58.5 Å². The molecule has 1 atom stereocenters. The summed E-state index contributed by atoms with van der Waals surface area (Å²) in [6.07, 6.45) is 3.49. The van der Waals surface area contributed by atoms with Crippen molar-refractivity contribution in [3.8, 4) is 0 Å². The van der Waals surface area contributed by atoms with E-state index in [0.29, 0.717) is 6.42 Å². The molecule has 0 aliphatic carbocycles. The van der Waals surface area contributed by atoms with Crippen LogP contribution >= 0.6 is 0 Å². The molecule has 3 nitrogen and oxygen atoms in total. The van der Waals surface area contributed by atoms with Gasteiger partial charge in [0.2, 0.25) is 0 Å². The molecular weight excluding hydrogens is 180 g/mol.